The molecule has 0 bridgehead atoms. The van der Waals surface area contributed by atoms with Crippen LogP contribution < -0.4 is 5.32 Å². The van der Waals surface area contributed by atoms with E-state index in [4.69, 9.17) is 10.2 Å². The van der Waals surface area contributed by atoms with Gasteiger partial charge in [-0.1, -0.05) is 0 Å². The van der Waals surface area contributed by atoms with Gasteiger partial charge in [0.1, 0.15) is 0 Å². The van der Waals surface area contributed by atoms with Gasteiger partial charge in [0.25, 0.3) is 0 Å². The summed E-state index contributed by atoms with van der Waals surface area (Å²) < 4.78 is 0. The summed E-state index contributed by atoms with van der Waals surface area (Å²) in [4.78, 5) is 20.8. The molecule has 6 heteroatoms. The number of carbonyl (C=O) groups is 2. The summed E-state index contributed by atoms with van der Waals surface area (Å²) in [6.07, 6.45) is 0.121. The molecule has 1 heterocycles. The lowest BCUT2D eigenvalue weighted by molar-refractivity contribution is -0.141. The van der Waals surface area contributed by atoms with Crippen molar-refractivity contribution in [2.24, 2.45) is 11.8 Å². The quantitative estimate of drug-likeness (QED) is 0.634. The molecule has 0 aliphatic carbocycles. The van der Waals surface area contributed by atoms with Gasteiger partial charge in [0.15, 0.2) is 0 Å². The van der Waals surface area contributed by atoms with E-state index >= 15 is 0 Å². The van der Waals surface area contributed by atoms with Crippen molar-refractivity contribution in [2.75, 3.05) is 13.1 Å². The normalized spacial score (nSPS) is 25.4. The number of aliphatic carboxylic acids is 2. The first kappa shape index (κ1) is 13.2. The second kappa shape index (κ2) is 5.82. The van der Waals surface area contributed by atoms with E-state index in [1.54, 1.807) is 0 Å². The lowest BCUT2D eigenvalue weighted by atomic mass is 9.90. The lowest BCUT2D eigenvalue weighted by Crippen LogP contribution is -2.19. The summed E-state index contributed by atoms with van der Waals surface area (Å²) in [6, 6.07) is 0. The third-order valence-electron chi connectivity index (χ3n) is 2.35. The van der Waals surface area contributed by atoms with Gasteiger partial charge in [-0.2, -0.15) is 0 Å². The Hall–Kier alpha value is -0.810. The Kier molecular flexibility index (Phi) is 5.49. The highest BCUT2D eigenvalue weighted by atomic mass is 35.5. The van der Waals surface area contributed by atoms with Crippen LogP contribution in [-0.2, 0) is 9.59 Å². The van der Waals surface area contributed by atoms with Crippen LogP contribution in [0.4, 0.5) is 0 Å². The third kappa shape index (κ3) is 3.93. The van der Waals surface area contributed by atoms with Gasteiger partial charge < -0.3 is 15.5 Å². The molecule has 0 spiro atoms. The van der Waals surface area contributed by atoms with Gasteiger partial charge in [0, 0.05) is 12.8 Å². The van der Waals surface area contributed by atoms with E-state index in [1.165, 1.54) is 0 Å². The van der Waals surface area contributed by atoms with Crippen LogP contribution in [0, 0.1) is 11.8 Å². The molecule has 0 aromatic rings. The zero-order valence-electron chi connectivity index (χ0n) is 7.60. The first-order valence-electron chi connectivity index (χ1n) is 4.24. The average molecular weight is 224 g/mol. The van der Waals surface area contributed by atoms with E-state index in [0.717, 1.165) is 0 Å². The van der Waals surface area contributed by atoms with Gasteiger partial charge in [-0.15, -0.1) is 12.4 Å². The Balaban J connectivity index is 0.00000169. The molecule has 2 atom stereocenters. The molecule has 0 aromatic carbocycles. The molecule has 3 N–H and O–H groups in total. The molecule has 0 saturated carbocycles. The van der Waals surface area contributed by atoms with Crippen LogP contribution in [0.3, 0.4) is 0 Å². The number of rotatable bonds is 4. The second-order valence-corrected chi connectivity index (χ2v) is 3.37. The highest BCUT2D eigenvalue weighted by Gasteiger charge is 2.30. The minimum absolute atomic E-state index is 0. The van der Waals surface area contributed by atoms with E-state index in [9.17, 15) is 9.59 Å². The number of halogens is 1. The van der Waals surface area contributed by atoms with Gasteiger partial charge in [-0.3, -0.25) is 9.59 Å². The van der Waals surface area contributed by atoms with Crippen molar-refractivity contribution >= 4 is 24.3 Å². The topological polar surface area (TPSA) is 86.6 Å². The minimum Gasteiger partial charge on any atom is -0.481 e. The highest BCUT2D eigenvalue weighted by Crippen LogP contribution is 2.23. The average Bonchev–Trinajstić information content (AvgIpc) is 2.34. The molecule has 1 saturated heterocycles. The Morgan fingerprint density at radius 3 is 1.71 bits per heavy atom. The van der Waals surface area contributed by atoms with E-state index < -0.39 is 11.9 Å². The van der Waals surface area contributed by atoms with Gasteiger partial charge in [-0.25, -0.2) is 0 Å². The molecule has 14 heavy (non-hydrogen) atoms. The van der Waals surface area contributed by atoms with Crippen molar-refractivity contribution in [3.63, 3.8) is 0 Å². The Bertz CT molecular complexity index is 199. The summed E-state index contributed by atoms with van der Waals surface area (Å²) in [5.74, 6) is -1.78. The van der Waals surface area contributed by atoms with Gasteiger partial charge in [0.2, 0.25) is 0 Å². The number of carboxylic acids is 2. The van der Waals surface area contributed by atoms with E-state index in [1.807, 2.05) is 0 Å². The predicted molar refractivity (Wildman–Crippen MR) is 51.6 cm³/mol. The fourth-order valence-corrected chi connectivity index (χ4v) is 1.71. The number of hydrogen-bond donors (Lipinski definition) is 3. The van der Waals surface area contributed by atoms with Gasteiger partial charge in [0.05, 0.1) is 0 Å². The Morgan fingerprint density at radius 1 is 1.07 bits per heavy atom. The summed E-state index contributed by atoms with van der Waals surface area (Å²) >= 11 is 0. The second-order valence-electron chi connectivity index (χ2n) is 3.37. The highest BCUT2D eigenvalue weighted by molar-refractivity contribution is 5.85. The number of nitrogens with one attached hydrogen (secondary N) is 1. The fraction of sp³-hybridized carbons (Fsp3) is 0.750. The fourth-order valence-electron chi connectivity index (χ4n) is 1.71. The van der Waals surface area contributed by atoms with Crippen molar-refractivity contribution in [3.8, 4) is 0 Å². The molecule has 1 aliphatic heterocycles. The first-order chi connectivity index (χ1) is 6.09. The van der Waals surface area contributed by atoms with Crippen LogP contribution in [-0.4, -0.2) is 35.2 Å². The van der Waals surface area contributed by atoms with Crippen LogP contribution in [0.25, 0.3) is 0 Å². The van der Waals surface area contributed by atoms with Crippen LogP contribution in [0.5, 0.6) is 0 Å². The zero-order valence-corrected chi connectivity index (χ0v) is 8.42. The Morgan fingerprint density at radius 2 is 1.43 bits per heavy atom. The molecule has 1 fully saturated rings. The van der Waals surface area contributed by atoms with Crippen molar-refractivity contribution < 1.29 is 19.8 Å². The van der Waals surface area contributed by atoms with E-state index in [2.05, 4.69) is 5.32 Å². The molecule has 1 rings (SSSR count). The minimum atomic E-state index is -0.857. The SMILES string of the molecule is Cl.O=C(O)C[C@@H]1CNC[C@H]1CC(=O)O. The lowest BCUT2D eigenvalue weighted by Gasteiger charge is -2.13. The molecule has 82 valence electrons. The first-order valence-corrected chi connectivity index (χ1v) is 4.24. The third-order valence-corrected chi connectivity index (χ3v) is 2.35. The van der Waals surface area contributed by atoms with Crippen LogP contribution >= 0.6 is 12.4 Å². The van der Waals surface area contributed by atoms with E-state index in [0.29, 0.717) is 13.1 Å². The summed E-state index contributed by atoms with van der Waals surface area (Å²) in [5.41, 5.74) is 0. The molecule has 0 radical (unpaired) electrons. The summed E-state index contributed by atoms with van der Waals surface area (Å²) in [6.45, 7) is 1.23. The van der Waals surface area contributed by atoms with Crippen molar-refractivity contribution in [1.82, 2.24) is 5.32 Å². The van der Waals surface area contributed by atoms with Gasteiger partial charge in [-0.05, 0) is 24.9 Å². The van der Waals surface area contributed by atoms with Crippen LogP contribution in [0.15, 0.2) is 0 Å². The standard InChI is InChI=1S/C8H13NO4.ClH/c10-7(11)1-5-3-9-4-6(5)2-8(12)13;/h5-6,9H,1-4H2,(H,10,11)(H,12,13);1H/t5-,6-;/m1./s1. The van der Waals surface area contributed by atoms with Gasteiger partial charge >= 0.3 is 11.9 Å². The largest absolute Gasteiger partial charge is 0.481 e. The molecule has 0 amide bonds. The molecule has 5 nitrogen and oxygen atoms in total. The predicted octanol–water partition coefficient (Wildman–Crippen LogP) is 0.193. The maximum atomic E-state index is 10.4. The van der Waals surface area contributed by atoms with Crippen molar-refractivity contribution in [3.05, 3.63) is 0 Å². The molecule has 0 aromatic heterocycles. The number of carboxylic acid groups (broad SMARTS) is 2. The molecule has 0 unspecified atom stereocenters. The monoisotopic (exact) mass is 223 g/mol. The van der Waals surface area contributed by atoms with E-state index in [-0.39, 0.29) is 37.1 Å². The summed E-state index contributed by atoms with van der Waals surface area (Å²) in [7, 11) is 0. The molecular weight excluding hydrogens is 210 g/mol. The summed E-state index contributed by atoms with van der Waals surface area (Å²) in [5, 5.41) is 20.1. The zero-order chi connectivity index (χ0) is 9.84. The maximum Gasteiger partial charge on any atom is 0.303 e. The molecular formula is C8H14ClNO4. The van der Waals surface area contributed by atoms with Crippen LogP contribution in [0.2, 0.25) is 0 Å². The Labute approximate surface area is 87.9 Å². The van der Waals surface area contributed by atoms with Crippen LogP contribution in [0.1, 0.15) is 12.8 Å². The smallest absolute Gasteiger partial charge is 0.303 e. The number of hydrogen-bond acceptors (Lipinski definition) is 3. The molecule has 1 aliphatic rings. The maximum absolute atomic E-state index is 10.4. The van der Waals surface area contributed by atoms with Crippen molar-refractivity contribution in [1.29, 1.82) is 0 Å². The van der Waals surface area contributed by atoms with Crippen molar-refractivity contribution in [2.45, 2.75) is 12.8 Å².